The molecule has 1 heteroatoms. The van der Waals surface area contributed by atoms with Crippen molar-refractivity contribution < 1.29 is 4.74 Å². The van der Waals surface area contributed by atoms with Gasteiger partial charge < -0.3 is 4.74 Å². The molecule has 22 heavy (non-hydrogen) atoms. The van der Waals surface area contributed by atoms with Crippen LogP contribution in [0.1, 0.15) is 25.0 Å². The predicted octanol–water partition coefficient (Wildman–Crippen LogP) is 5.44. The predicted molar refractivity (Wildman–Crippen MR) is 92.2 cm³/mol. The molecule has 0 atom stereocenters. The van der Waals surface area contributed by atoms with E-state index < -0.39 is 0 Å². The third-order valence-electron chi connectivity index (χ3n) is 4.11. The molecular formula is C21H18O. The Bertz CT molecular complexity index is 873. The number of rotatable bonds is 1. The minimum Gasteiger partial charge on any atom is -0.482 e. The Morgan fingerprint density at radius 1 is 0.773 bits per heavy atom. The van der Waals surface area contributed by atoms with Gasteiger partial charge in [-0.3, -0.25) is 0 Å². The molecular weight excluding hydrogens is 268 g/mol. The van der Waals surface area contributed by atoms with Gasteiger partial charge in [0.1, 0.15) is 11.4 Å². The van der Waals surface area contributed by atoms with Crippen LogP contribution in [0.15, 0.2) is 72.8 Å². The SMILES string of the molecule is CC1(C)C=C(c2ccccc2)c2ccc3ccccc3c2O1. The molecule has 0 radical (unpaired) electrons. The molecule has 0 unspecified atom stereocenters. The summed E-state index contributed by atoms with van der Waals surface area (Å²) >= 11 is 0. The highest BCUT2D eigenvalue weighted by atomic mass is 16.5. The Morgan fingerprint density at radius 3 is 2.32 bits per heavy atom. The molecule has 1 nitrogen and oxygen atoms in total. The van der Waals surface area contributed by atoms with Crippen molar-refractivity contribution in [2.24, 2.45) is 0 Å². The molecule has 1 heterocycles. The van der Waals surface area contributed by atoms with Gasteiger partial charge in [-0.15, -0.1) is 0 Å². The maximum atomic E-state index is 6.31. The van der Waals surface area contributed by atoms with E-state index in [0.717, 1.165) is 5.75 Å². The van der Waals surface area contributed by atoms with E-state index in [1.54, 1.807) is 0 Å². The zero-order valence-electron chi connectivity index (χ0n) is 12.8. The van der Waals surface area contributed by atoms with Crippen molar-refractivity contribution in [3.05, 3.63) is 83.9 Å². The van der Waals surface area contributed by atoms with E-state index in [-0.39, 0.29) is 5.60 Å². The Morgan fingerprint density at radius 2 is 1.50 bits per heavy atom. The molecule has 1 aliphatic rings. The molecule has 108 valence electrons. The highest BCUT2D eigenvalue weighted by Gasteiger charge is 2.28. The molecule has 0 saturated carbocycles. The topological polar surface area (TPSA) is 9.23 Å². The second-order valence-electron chi connectivity index (χ2n) is 6.29. The molecule has 0 spiro atoms. The summed E-state index contributed by atoms with van der Waals surface area (Å²) < 4.78 is 6.31. The van der Waals surface area contributed by atoms with Gasteiger partial charge in [0, 0.05) is 10.9 Å². The third kappa shape index (κ3) is 2.10. The van der Waals surface area contributed by atoms with Gasteiger partial charge in [-0.1, -0.05) is 60.7 Å². The van der Waals surface area contributed by atoms with Crippen LogP contribution in [-0.2, 0) is 0 Å². The maximum absolute atomic E-state index is 6.31. The van der Waals surface area contributed by atoms with E-state index in [4.69, 9.17) is 4.74 Å². The van der Waals surface area contributed by atoms with Gasteiger partial charge >= 0.3 is 0 Å². The standard InChI is InChI=1S/C21H18O/c1-21(2)14-19(15-8-4-3-5-9-15)18-13-12-16-10-6-7-11-17(16)20(18)22-21/h3-14H,1-2H3. The van der Waals surface area contributed by atoms with Crippen LogP contribution in [-0.4, -0.2) is 5.60 Å². The van der Waals surface area contributed by atoms with Crippen LogP contribution in [0.3, 0.4) is 0 Å². The van der Waals surface area contributed by atoms with Gasteiger partial charge in [-0.05, 0) is 42.5 Å². The fourth-order valence-electron chi connectivity index (χ4n) is 3.14. The fourth-order valence-corrected chi connectivity index (χ4v) is 3.14. The summed E-state index contributed by atoms with van der Waals surface area (Å²) in [4.78, 5) is 0. The van der Waals surface area contributed by atoms with Crippen molar-refractivity contribution in [2.75, 3.05) is 0 Å². The number of fused-ring (bicyclic) bond motifs is 3. The summed E-state index contributed by atoms with van der Waals surface area (Å²) in [7, 11) is 0. The molecule has 0 aliphatic carbocycles. The lowest BCUT2D eigenvalue weighted by atomic mass is 9.88. The third-order valence-corrected chi connectivity index (χ3v) is 4.11. The molecule has 1 aliphatic heterocycles. The molecule has 0 amide bonds. The molecule has 0 N–H and O–H groups in total. The van der Waals surface area contributed by atoms with Gasteiger partial charge in [0.2, 0.25) is 0 Å². The molecule has 0 aromatic heterocycles. The van der Waals surface area contributed by atoms with Gasteiger partial charge in [-0.2, -0.15) is 0 Å². The van der Waals surface area contributed by atoms with E-state index in [1.165, 1.54) is 27.5 Å². The monoisotopic (exact) mass is 286 g/mol. The highest BCUT2D eigenvalue weighted by Crippen LogP contribution is 2.43. The normalized spacial score (nSPS) is 15.8. The smallest absolute Gasteiger partial charge is 0.136 e. The summed E-state index contributed by atoms with van der Waals surface area (Å²) in [5.41, 5.74) is 3.33. The van der Waals surface area contributed by atoms with Crippen LogP contribution < -0.4 is 4.74 Å². The van der Waals surface area contributed by atoms with Crippen molar-refractivity contribution in [1.29, 1.82) is 0 Å². The molecule has 3 aromatic carbocycles. The summed E-state index contributed by atoms with van der Waals surface area (Å²) in [5, 5.41) is 2.39. The van der Waals surface area contributed by atoms with Crippen LogP contribution in [0, 0.1) is 0 Å². The molecule has 0 bridgehead atoms. The lowest BCUT2D eigenvalue weighted by molar-refractivity contribution is 0.161. The summed E-state index contributed by atoms with van der Waals surface area (Å²) in [6.45, 7) is 4.22. The van der Waals surface area contributed by atoms with Crippen LogP contribution in [0.4, 0.5) is 0 Å². The first-order chi connectivity index (χ1) is 10.6. The molecule has 3 aromatic rings. The molecule has 4 rings (SSSR count). The largest absolute Gasteiger partial charge is 0.482 e. The van der Waals surface area contributed by atoms with Crippen LogP contribution in [0.2, 0.25) is 0 Å². The van der Waals surface area contributed by atoms with Gasteiger partial charge in [-0.25, -0.2) is 0 Å². The number of hydrogen-bond donors (Lipinski definition) is 0. The zero-order valence-corrected chi connectivity index (χ0v) is 12.8. The number of hydrogen-bond acceptors (Lipinski definition) is 1. The van der Waals surface area contributed by atoms with E-state index in [2.05, 4.69) is 86.7 Å². The zero-order chi connectivity index (χ0) is 15.2. The average molecular weight is 286 g/mol. The molecule has 0 fully saturated rings. The second-order valence-corrected chi connectivity index (χ2v) is 6.29. The van der Waals surface area contributed by atoms with E-state index in [0.29, 0.717) is 0 Å². The minimum atomic E-state index is -0.317. The van der Waals surface area contributed by atoms with E-state index >= 15 is 0 Å². The van der Waals surface area contributed by atoms with E-state index in [1.807, 2.05) is 0 Å². The van der Waals surface area contributed by atoms with Crippen LogP contribution in [0.25, 0.3) is 16.3 Å². The first kappa shape index (κ1) is 13.1. The summed E-state index contributed by atoms with van der Waals surface area (Å²) in [5.74, 6) is 0.990. The van der Waals surface area contributed by atoms with Gasteiger partial charge in [0.25, 0.3) is 0 Å². The van der Waals surface area contributed by atoms with Crippen molar-refractivity contribution in [3.8, 4) is 5.75 Å². The first-order valence-corrected chi connectivity index (χ1v) is 7.63. The highest BCUT2D eigenvalue weighted by molar-refractivity contribution is 5.97. The quantitative estimate of drug-likeness (QED) is 0.578. The first-order valence-electron chi connectivity index (χ1n) is 7.63. The maximum Gasteiger partial charge on any atom is 0.136 e. The second kappa shape index (κ2) is 4.74. The van der Waals surface area contributed by atoms with Crippen molar-refractivity contribution >= 4 is 16.3 Å². The molecule has 0 saturated heterocycles. The average Bonchev–Trinajstić information content (AvgIpc) is 2.54. The lowest BCUT2D eigenvalue weighted by Crippen LogP contribution is -2.29. The number of benzene rings is 3. The minimum absolute atomic E-state index is 0.317. The Kier molecular flexibility index (Phi) is 2.83. The Labute approximate surface area is 130 Å². The fraction of sp³-hybridized carbons (Fsp3) is 0.143. The van der Waals surface area contributed by atoms with Crippen LogP contribution in [0.5, 0.6) is 5.75 Å². The lowest BCUT2D eigenvalue weighted by Gasteiger charge is -2.32. The Hall–Kier alpha value is -2.54. The van der Waals surface area contributed by atoms with Crippen molar-refractivity contribution in [1.82, 2.24) is 0 Å². The van der Waals surface area contributed by atoms with Gasteiger partial charge in [0.05, 0.1) is 0 Å². The van der Waals surface area contributed by atoms with E-state index in [9.17, 15) is 0 Å². The van der Waals surface area contributed by atoms with Crippen molar-refractivity contribution in [2.45, 2.75) is 19.4 Å². The van der Waals surface area contributed by atoms with Crippen molar-refractivity contribution in [3.63, 3.8) is 0 Å². The number of ether oxygens (including phenoxy) is 1. The summed E-state index contributed by atoms with van der Waals surface area (Å²) in [6, 6.07) is 23.3. The Balaban J connectivity index is 2.02. The van der Waals surface area contributed by atoms with Crippen LogP contribution >= 0.6 is 0 Å². The summed E-state index contributed by atoms with van der Waals surface area (Å²) in [6.07, 6.45) is 2.22. The van der Waals surface area contributed by atoms with Gasteiger partial charge in [0.15, 0.2) is 0 Å².